The number of rotatable bonds is 3. The third-order valence-corrected chi connectivity index (χ3v) is 5.57. The van der Waals surface area contributed by atoms with Gasteiger partial charge in [0.1, 0.15) is 0 Å². The molecule has 0 bridgehead atoms. The fraction of sp³-hybridized carbons (Fsp3) is 0.286. The Labute approximate surface area is 147 Å². The predicted octanol–water partition coefficient (Wildman–Crippen LogP) is 3.57. The number of carbonyl (C=O) groups is 1. The number of aromatic amines is 1. The highest BCUT2D eigenvalue weighted by Crippen LogP contribution is 2.33. The molecule has 4 nitrogen and oxygen atoms in total. The van der Waals surface area contributed by atoms with Gasteiger partial charge in [-0.2, -0.15) is 0 Å². The highest BCUT2D eigenvalue weighted by atomic mass is 16.2. The lowest BCUT2D eigenvalue weighted by atomic mass is 9.98. The highest BCUT2D eigenvalue weighted by molar-refractivity contribution is 5.86. The van der Waals surface area contributed by atoms with Crippen LogP contribution in [0.4, 0.5) is 4.79 Å². The van der Waals surface area contributed by atoms with Crippen molar-refractivity contribution in [3.05, 3.63) is 71.4 Å². The van der Waals surface area contributed by atoms with Crippen LogP contribution in [0.1, 0.15) is 16.8 Å². The fourth-order valence-electron chi connectivity index (χ4n) is 4.27. The molecule has 2 aromatic carbocycles. The second kappa shape index (κ2) is 5.66. The summed E-state index contributed by atoms with van der Waals surface area (Å²) in [6.45, 7) is 2.34. The molecule has 0 aliphatic carbocycles. The van der Waals surface area contributed by atoms with E-state index in [0.29, 0.717) is 12.6 Å². The van der Waals surface area contributed by atoms with Gasteiger partial charge in [0, 0.05) is 29.7 Å². The zero-order chi connectivity index (χ0) is 16.8. The Kier molecular flexibility index (Phi) is 3.30. The molecule has 3 aromatic rings. The summed E-state index contributed by atoms with van der Waals surface area (Å²) >= 11 is 0. The first kappa shape index (κ1) is 14.6. The van der Waals surface area contributed by atoms with Gasteiger partial charge in [-0.05, 0) is 30.0 Å². The van der Waals surface area contributed by atoms with Gasteiger partial charge in [-0.25, -0.2) is 4.79 Å². The van der Waals surface area contributed by atoms with Gasteiger partial charge in [0.25, 0.3) is 0 Å². The third-order valence-electron chi connectivity index (χ3n) is 5.57. The van der Waals surface area contributed by atoms with Gasteiger partial charge in [0.2, 0.25) is 0 Å². The maximum atomic E-state index is 12.8. The first-order chi connectivity index (χ1) is 12.3. The van der Waals surface area contributed by atoms with E-state index in [1.807, 2.05) is 15.9 Å². The summed E-state index contributed by atoms with van der Waals surface area (Å²) < 4.78 is 0. The minimum atomic E-state index is 0.185. The number of fused-ring (bicyclic) bond motifs is 4. The van der Waals surface area contributed by atoms with E-state index in [1.165, 1.54) is 27.7 Å². The van der Waals surface area contributed by atoms with Crippen molar-refractivity contribution in [1.82, 2.24) is 14.8 Å². The molecule has 0 saturated carbocycles. The molecule has 1 saturated heterocycles. The van der Waals surface area contributed by atoms with Gasteiger partial charge < -0.3 is 14.8 Å². The second-order valence-corrected chi connectivity index (χ2v) is 7.08. The van der Waals surface area contributed by atoms with Gasteiger partial charge in [-0.3, -0.25) is 0 Å². The molecule has 25 heavy (non-hydrogen) atoms. The summed E-state index contributed by atoms with van der Waals surface area (Å²) in [6, 6.07) is 19.3. The third kappa shape index (κ3) is 2.40. The lowest BCUT2D eigenvalue weighted by Crippen LogP contribution is -2.39. The average Bonchev–Trinajstić information content (AvgIpc) is 3.16. The van der Waals surface area contributed by atoms with Crippen LogP contribution in [-0.4, -0.2) is 39.9 Å². The molecule has 1 unspecified atom stereocenters. The van der Waals surface area contributed by atoms with Crippen molar-refractivity contribution >= 4 is 16.9 Å². The van der Waals surface area contributed by atoms with E-state index < -0.39 is 0 Å². The Hall–Kier alpha value is -2.75. The summed E-state index contributed by atoms with van der Waals surface area (Å²) in [5.74, 6) is 0. The van der Waals surface area contributed by atoms with E-state index in [9.17, 15) is 4.79 Å². The van der Waals surface area contributed by atoms with E-state index in [1.54, 1.807) is 0 Å². The van der Waals surface area contributed by atoms with Gasteiger partial charge in [0.15, 0.2) is 0 Å². The largest absolute Gasteiger partial charge is 0.357 e. The Morgan fingerprint density at radius 1 is 1.04 bits per heavy atom. The molecule has 1 N–H and O–H groups in total. The maximum absolute atomic E-state index is 12.8. The Morgan fingerprint density at radius 2 is 1.84 bits per heavy atom. The predicted molar refractivity (Wildman–Crippen MR) is 98.4 cm³/mol. The van der Waals surface area contributed by atoms with Crippen LogP contribution < -0.4 is 0 Å². The van der Waals surface area contributed by atoms with Crippen LogP contribution in [0.2, 0.25) is 0 Å². The lowest BCUT2D eigenvalue weighted by Gasteiger charge is -2.28. The number of benzene rings is 2. The van der Waals surface area contributed by atoms with Crippen molar-refractivity contribution in [2.45, 2.75) is 25.4 Å². The molecule has 2 amide bonds. The molecule has 126 valence electrons. The molecule has 1 aromatic heterocycles. The van der Waals surface area contributed by atoms with Crippen molar-refractivity contribution in [2.75, 3.05) is 13.1 Å². The van der Waals surface area contributed by atoms with Gasteiger partial charge in [0.05, 0.1) is 12.6 Å². The number of H-pyrrole nitrogens is 1. The first-order valence-corrected chi connectivity index (χ1v) is 8.97. The summed E-state index contributed by atoms with van der Waals surface area (Å²) in [5.41, 5.74) is 5.07. The number of carbonyl (C=O) groups excluding carboxylic acids is 1. The number of amides is 2. The SMILES string of the molecule is O=C1N(CCc2ccccc2)CC2Cc3c([nH]c4ccccc34)CN12. The number of nitrogens with zero attached hydrogens (tertiary/aromatic N) is 2. The number of hydrogen-bond donors (Lipinski definition) is 1. The molecule has 0 radical (unpaired) electrons. The average molecular weight is 331 g/mol. The van der Waals surface area contributed by atoms with Crippen molar-refractivity contribution < 1.29 is 4.79 Å². The Bertz CT molecular complexity index is 931. The van der Waals surface area contributed by atoms with E-state index in [0.717, 1.165) is 25.9 Å². The number of aromatic nitrogens is 1. The highest BCUT2D eigenvalue weighted by Gasteiger charge is 2.40. The number of urea groups is 1. The zero-order valence-electron chi connectivity index (χ0n) is 14.1. The van der Waals surface area contributed by atoms with Crippen LogP contribution in [0, 0.1) is 0 Å². The molecule has 5 rings (SSSR count). The molecular weight excluding hydrogens is 310 g/mol. The summed E-state index contributed by atoms with van der Waals surface area (Å²) in [4.78, 5) is 20.4. The molecule has 1 fully saturated rings. The monoisotopic (exact) mass is 331 g/mol. The second-order valence-electron chi connectivity index (χ2n) is 7.08. The molecule has 0 spiro atoms. The van der Waals surface area contributed by atoms with E-state index in [-0.39, 0.29) is 6.03 Å². The fourth-order valence-corrected chi connectivity index (χ4v) is 4.27. The van der Waals surface area contributed by atoms with Crippen molar-refractivity contribution in [3.63, 3.8) is 0 Å². The number of para-hydroxylation sites is 1. The van der Waals surface area contributed by atoms with Gasteiger partial charge in [-0.1, -0.05) is 48.5 Å². The molecule has 3 heterocycles. The van der Waals surface area contributed by atoms with Crippen LogP contribution in [-0.2, 0) is 19.4 Å². The van der Waals surface area contributed by atoms with Crippen molar-refractivity contribution in [1.29, 1.82) is 0 Å². The topological polar surface area (TPSA) is 39.3 Å². The van der Waals surface area contributed by atoms with Crippen molar-refractivity contribution in [3.8, 4) is 0 Å². The van der Waals surface area contributed by atoms with Crippen LogP contribution >= 0.6 is 0 Å². The number of hydrogen-bond acceptors (Lipinski definition) is 1. The Balaban J connectivity index is 1.35. The molecule has 1 atom stereocenters. The lowest BCUT2D eigenvalue weighted by molar-refractivity contribution is 0.180. The van der Waals surface area contributed by atoms with Crippen LogP contribution in [0.3, 0.4) is 0 Å². The summed E-state index contributed by atoms with van der Waals surface area (Å²) in [6.07, 6.45) is 1.87. The van der Waals surface area contributed by atoms with Crippen LogP contribution in [0.5, 0.6) is 0 Å². The zero-order valence-corrected chi connectivity index (χ0v) is 14.1. The standard InChI is InChI=1S/C21H21N3O/c25-21-23(11-10-15-6-2-1-3-7-15)13-16-12-18-17-8-4-5-9-19(17)22-20(18)14-24(16)21/h1-9,16,22H,10-14H2. The smallest absolute Gasteiger partial charge is 0.320 e. The van der Waals surface area contributed by atoms with Gasteiger partial charge >= 0.3 is 6.03 Å². The van der Waals surface area contributed by atoms with Crippen molar-refractivity contribution in [2.24, 2.45) is 0 Å². The van der Waals surface area contributed by atoms with E-state index >= 15 is 0 Å². The van der Waals surface area contributed by atoms with E-state index in [2.05, 4.69) is 53.5 Å². The summed E-state index contributed by atoms with van der Waals surface area (Å²) in [7, 11) is 0. The van der Waals surface area contributed by atoms with Crippen LogP contribution in [0.25, 0.3) is 10.9 Å². The normalized spacial score (nSPS) is 19.4. The minimum Gasteiger partial charge on any atom is -0.357 e. The van der Waals surface area contributed by atoms with Crippen LogP contribution in [0.15, 0.2) is 54.6 Å². The molecule has 2 aliphatic rings. The molecule has 2 aliphatic heterocycles. The Morgan fingerprint density at radius 3 is 2.72 bits per heavy atom. The minimum absolute atomic E-state index is 0.185. The first-order valence-electron chi connectivity index (χ1n) is 8.97. The van der Waals surface area contributed by atoms with Gasteiger partial charge in [-0.15, -0.1) is 0 Å². The molecule has 4 heteroatoms. The summed E-state index contributed by atoms with van der Waals surface area (Å²) in [5, 5.41) is 1.31. The molecular formula is C21H21N3O. The number of nitrogens with one attached hydrogen (secondary N) is 1. The van der Waals surface area contributed by atoms with E-state index in [4.69, 9.17) is 0 Å². The maximum Gasteiger partial charge on any atom is 0.320 e. The quantitative estimate of drug-likeness (QED) is 0.783.